The van der Waals surface area contributed by atoms with Crippen molar-refractivity contribution in [2.75, 3.05) is 6.61 Å². The maximum absolute atomic E-state index is 13.8. The van der Waals surface area contributed by atoms with Crippen LogP contribution in [-0.2, 0) is 14.0 Å². The third kappa shape index (κ3) is 8.07. The van der Waals surface area contributed by atoms with Gasteiger partial charge in [0.25, 0.3) is 0 Å². The number of carbonyl (C=O) groups excluding carboxylic acids is 2. The molecule has 372 valence electrons. The molecule has 4 N–H and O–H groups in total. The second-order valence-corrected chi connectivity index (χ2v) is 19.5. The Morgan fingerprint density at radius 2 is 0.935 bits per heavy atom. The fraction of sp³-hybridized carbons (Fsp3) is 0.0938. The predicted molar refractivity (Wildman–Crippen MR) is 298 cm³/mol. The summed E-state index contributed by atoms with van der Waals surface area (Å²) in [6.07, 6.45) is 1.89. The fourth-order valence-corrected chi connectivity index (χ4v) is 11.3. The molecule has 77 heavy (non-hydrogen) atoms. The third-order valence-corrected chi connectivity index (χ3v) is 14.9. The molecule has 0 saturated carbocycles. The standard InChI is InChI=1S/C64H45BN4O8/c70-59-41-22-10-11-23-42(41)60(71)58-43(59)24-13-25-52(58)75-64-62(73)61(72)63-53(76-64)35-74-65(77-63)40-21-12-20-39(34-40)57-50-32-30-48(68-50)55(37-16-6-2-7-17-37)46-28-26-44(66-46)54(36-14-4-1-5-15-36)45-27-29-47(67-45)56(38-18-8-3-9-19-38)49-31-33-51(57)69-49/h1-34,53,61-64,66,69,72-73H,35H2/t53-,61-,62-,63-,64-/m1/s1. The van der Waals surface area contributed by atoms with Crippen molar-refractivity contribution >= 4 is 70.5 Å². The van der Waals surface area contributed by atoms with Crippen LogP contribution in [0.1, 0.15) is 54.6 Å². The van der Waals surface area contributed by atoms with E-state index >= 15 is 0 Å². The van der Waals surface area contributed by atoms with Gasteiger partial charge < -0.3 is 39.0 Å². The van der Waals surface area contributed by atoms with E-state index in [0.29, 0.717) is 11.0 Å². The van der Waals surface area contributed by atoms with Gasteiger partial charge in [0.2, 0.25) is 6.29 Å². The summed E-state index contributed by atoms with van der Waals surface area (Å²) < 4.78 is 25.3. The van der Waals surface area contributed by atoms with Crippen LogP contribution in [0.2, 0.25) is 0 Å². The minimum absolute atomic E-state index is 0.0239. The van der Waals surface area contributed by atoms with Crippen LogP contribution in [0.25, 0.3) is 90.9 Å². The number of aliphatic hydroxyl groups excluding tert-OH is 2. The van der Waals surface area contributed by atoms with E-state index in [2.05, 4.69) is 88.9 Å². The molecule has 0 amide bonds. The first kappa shape index (κ1) is 46.5. The lowest BCUT2D eigenvalue weighted by Crippen LogP contribution is -2.66. The summed E-state index contributed by atoms with van der Waals surface area (Å²) in [4.78, 5) is 45.7. The van der Waals surface area contributed by atoms with Crippen molar-refractivity contribution in [1.29, 1.82) is 0 Å². The Morgan fingerprint density at radius 3 is 1.47 bits per heavy atom. The monoisotopic (exact) mass is 1010 g/mol. The van der Waals surface area contributed by atoms with Crippen molar-refractivity contribution in [2.24, 2.45) is 0 Å². The zero-order chi connectivity index (χ0) is 51.7. The number of ketones is 2. The van der Waals surface area contributed by atoms with E-state index in [1.54, 1.807) is 42.5 Å². The summed E-state index contributed by atoms with van der Waals surface area (Å²) in [6, 6.07) is 58.4. The van der Waals surface area contributed by atoms with Crippen LogP contribution in [0.3, 0.4) is 0 Å². The number of aromatic amines is 2. The van der Waals surface area contributed by atoms with Crippen molar-refractivity contribution < 1.29 is 38.6 Å². The molecule has 5 aliphatic rings. The zero-order valence-corrected chi connectivity index (χ0v) is 41.0. The van der Waals surface area contributed by atoms with Gasteiger partial charge >= 0.3 is 7.12 Å². The molecule has 5 atom stereocenters. The summed E-state index contributed by atoms with van der Waals surface area (Å²) in [5.41, 5.74) is 15.5. The number of nitrogens with zero attached hydrogens (tertiary/aromatic N) is 2. The van der Waals surface area contributed by atoms with E-state index in [9.17, 15) is 19.8 Å². The van der Waals surface area contributed by atoms with Crippen LogP contribution >= 0.6 is 0 Å². The Kier molecular flexibility index (Phi) is 11.4. The molecule has 13 heteroatoms. The highest BCUT2D eigenvalue weighted by Gasteiger charge is 2.51. The summed E-state index contributed by atoms with van der Waals surface area (Å²) in [5.74, 6) is -0.650. The molecule has 0 radical (unpaired) electrons. The molecule has 6 aromatic carbocycles. The first-order valence-electron chi connectivity index (χ1n) is 25.5. The molecule has 2 saturated heterocycles. The number of fused-ring (bicyclic) bond motifs is 11. The quantitative estimate of drug-likeness (QED) is 0.113. The average molecular weight is 1010 g/mol. The Balaban J connectivity index is 0.860. The molecule has 1 aliphatic carbocycles. The number of hydrogen-bond donors (Lipinski definition) is 4. The lowest BCUT2D eigenvalue weighted by atomic mass is 9.75. The number of aliphatic hydroxyl groups is 2. The lowest BCUT2D eigenvalue weighted by molar-refractivity contribution is -0.282. The Hall–Kier alpha value is -9.08. The molecule has 0 spiro atoms. The van der Waals surface area contributed by atoms with Gasteiger partial charge in [-0.2, -0.15) is 0 Å². The summed E-state index contributed by atoms with van der Waals surface area (Å²) in [6.45, 7) is -0.0239. The molecule has 9 aromatic rings. The average Bonchev–Trinajstić information content (AvgIpc) is 4.39. The molecule has 12 nitrogen and oxygen atoms in total. The molecule has 4 aliphatic heterocycles. The first-order valence-corrected chi connectivity index (χ1v) is 25.5. The minimum Gasteiger partial charge on any atom is -0.461 e. The Labute approximate surface area is 441 Å². The van der Waals surface area contributed by atoms with Crippen LogP contribution in [0.4, 0.5) is 0 Å². The van der Waals surface area contributed by atoms with Crippen molar-refractivity contribution in [3.05, 3.63) is 227 Å². The number of nitrogens with one attached hydrogen (secondary N) is 2. The normalized spacial score (nSPS) is 19.4. The van der Waals surface area contributed by atoms with Gasteiger partial charge in [0.05, 0.1) is 34.9 Å². The van der Waals surface area contributed by atoms with E-state index in [1.807, 2.05) is 84.9 Å². The van der Waals surface area contributed by atoms with Crippen molar-refractivity contribution in [2.45, 2.75) is 30.7 Å². The third-order valence-electron chi connectivity index (χ3n) is 14.9. The van der Waals surface area contributed by atoms with Crippen molar-refractivity contribution in [1.82, 2.24) is 19.9 Å². The molecular weight excluding hydrogens is 964 g/mol. The Morgan fingerprint density at radius 1 is 0.481 bits per heavy atom. The van der Waals surface area contributed by atoms with Gasteiger partial charge in [-0.25, -0.2) is 9.97 Å². The molecular formula is C64H45BN4O8. The summed E-state index contributed by atoms with van der Waals surface area (Å²) in [7, 11) is -0.966. The summed E-state index contributed by atoms with van der Waals surface area (Å²) in [5, 5.41) is 23.3. The highest BCUT2D eigenvalue weighted by molar-refractivity contribution is 6.61. The van der Waals surface area contributed by atoms with Crippen LogP contribution in [0, 0.1) is 0 Å². The van der Waals surface area contributed by atoms with Gasteiger partial charge in [0, 0.05) is 61.0 Å². The van der Waals surface area contributed by atoms with Crippen LogP contribution in [0.5, 0.6) is 5.75 Å². The van der Waals surface area contributed by atoms with Crippen LogP contribution in [0.15, 0.2) is 182 Å². The molecule has 0 unspecified atom stereocenters. The zero-order valence-electron chi connectivity index (χ0n) is 41.0. The van der Waals surface area contributed by atoms with E-state index in [1.165, 1.54) is 0 Å². The highest BCUT2D eigenvalue weighted by atomic mass is 16.7. The number of H-pyrrole nitrogens is 2. The molecule has 8 bridgehead atoms. The van der Waals surface area contributed by atoms with Crippen LogP contribution in [-0.4, -0.2) is 86.1 Å². The maximum atomic E-state index is 13.8. The van der Waals surface area contributed by atoms with E-state index in [4.69, 9.17) is 28.8 Å². The van der Waals surface area contributed by atoms with Gasteiger partial charge in [0.1, 0.15) is 30.2 Å². The minimum atomic E-state index is -1.60. The number of aromatic nitrogens is 4. The highest BCUT2D eigenvalue weighted by Crippen LogP contribution is 2.40. The van der Waals surface area contributed by atoms with Crippen LogP contribution < -0.4 is 10.2 Å². The van der Waals surface area contributed by atoms with E-state index in [0.717, 1.165) is 89.4 Å². The largest absolute Gasteiger partial charge is 0.494 e. The second kappa shape index (κ2) is 18.9. The second-order valence-electron chi connectivity index (χ2n) is 19.5. The number of hydrogen-bond acceptors (Lipinski definition) is 10. The van der Waals surface area contributed by atoms with E-state index in [-0.39, 0.29) is 40.6 Å². The van der Waals surface area contributed by atoms with Gasteiger partial charge in [0.15, 0.2) is 11.6 Å². The Bertz CT molecular complexity index is 4060. The molecule has 3 aromatic heterocycles. The smallest absolute Gasteiger partial charge is 0.461 e. The molecule has 2 fully saturated rings. The van der Waals surface area contributed by atoms with Gasteiger partial charge in [-0.3, -0.25) is 9.59 Å². The predicted octanol–water partition coefficient (Wildman–Crippen LogP) is 10.7. The molecule has 7 heterocycles. The fourth-order valence-electron chi connectivity index (χ4n) is 11.3. The lowest BCUT2D eigenvalue weighted by Gasteiger charge is -2.45. The number of ether oxygens (including phenoxy) is 2. The summed E-state index contributed by atoms with van der Waals surface area (Å²) >= 11 is 0. The number of rotatable bonds is 7. The number of benzene rings is 6. The maximum Gasteiger partial charge on any atom is 0.494 e. The van der Waals surface area contributed by atoms with E-state index < -0.39 is 37.8 Å². The van der Waals surface area contributed by atoms with Gasteiger partial charge in [-0.15, -0.1) is 0 Å². The van der Waals surface area contributed by atoms with Gasteiger partial charge in [-0.05, 0) is 82.4 Å². The number of carbonyl (C=O) groups is 2. The topological polar surface area (TPSA) is 169 Å². The molecule has 14 rings (SSSR count). The SMILES string of the molecule is O=C1c2ccccc2C(=O)c2c(O[C@@H]3O[C@@H]4COB(c5cccc(-c6c7nc(c(-c8ccccc8)c8ccc([nH]8)c(-c8ccccc8)c8nc(c(-c9ccccc9)c9ccc6[nH]9)C=C8)C=C7)c5)O[C@H]4[C@H](O)[C@H]3O)cccc21. The van der Waals surface area contributed by atoms with Crippen molar-refractivity contribution in [3.8, 4) is 50.3 Å². The first-order chi connectivity index (χ1) is 37.8. The van der Waals surface area contributed by atoms with Gasteiger partial charge in [-0.1, -0.05) is 152 Å². The van der Waals surface area contributed by atoms with Crippen molar-refractivity contribution in [3.63, 3.8) is 0 Å².